The van der Waals surface area contributed by atoms with E-state index in [0.717, 1.165) is 15.6 Å². The summed E-state index contributed by atoms with van der Waals surface area (Å²) in [4.78, 5) is 23.2. The predicted octanol–water partition coefficient (Wildman–Crippen LogP) is 1.11. The van der Waals surface area contributed by atoms with Crippen molar-refractivity contribution in [3.05, 3.63) is 40.6 Å². The molecule has 0 fully saturated rings. The Bertz CT molecular complexity index is 875. The van der Waals surface area contributed by atoms with Crippen LogP contribution >= 0.6 is 11.3 Å². The average Bonchev–Trinajstić information content (AvgIpc) is 3.06. The zero-order chi connectivity index (χ0) is 18.6. The Morgan fingerprint density at radius 3 is 2.44 bits per heavy atom. The van der Waals surface area contributed by atoms with E-state index >= 15 is 0 Å². The summed E-state index contributed by atoms with van der Waals surface area (Å²) < 4.78 is 30.8. The first-order valence-electron chi connectivity index (χ1n) is 7.02. The first-order chi connectivity index (χ1) is 11.7. The lowest BCUT2D eigenvalue weighted by atomic mass is 10.3. The molecule has 1 aromatic heterocycles. The number of rotatable bonds is 7. The maximum absolute atomic E-state index is 12.4. The van der Waals surface area contributed by atoms with E-state index in [2.05, 4.69) is 5.32 Å². The van der Waals surface area contributed by atoms with Crippen molar-refractivity contribution in [1.29, 1.82) is 0 Å². The van der Waals surface area contributed by atoms with E-state index in [0.29, 0.717) is 11.4 Å². The number of amides is 2. The van der Waals surface area contributed by atoms with Gasteiger partial charge in [0, 0.05) is 18.1 Å². The number of hydrogen-bond donors (Lipinski definition) is 2. The zero-order valence-electron chi connectivity index (χ0n) is 13.6. The van der Waals surface area contributed by atoms with Gasteiger partial charge in [0.1, 0.15) is 5.75 Å². The first-order valence-corrected chi connectivity index (χ1v) is 9.34. The quantitative estimate of drug-likeness (QED) is 0.742. The Kier molecular flexibility index (Phi) is 5.77. The van der Waals surface area contributed by atoms with Gasteiger partial charge in [0.15, 0.2) is 0 Å². The minimum atomic E-state index is -3.89. The molecule has 0 aliphatic rings. The molecular formula is C15H17N3O5S2. The van der Waals surface area contributed by atoms with Crippen LogP contribution in [0.1, 0.15) is 9.67 Å². The van der Waals surface area contributed by atoms with Gasteiger partial charge in [-0.15, -0.1) is 11.3 Å². The molecule has 2 aromatic rings. The van der Waals surface area contributed by atoms with Gasteiger partial charge in [-0.2, -0.15) is 4.31 Å². The van der Waals surface area contributed by atoms with Crippen LogP contribution in [-0.4, -0.2) is 45.2 Å². The lowest BCUT2D eigenvalue weighted by Gasteiger charge is -2.16. The van der Waals surface area contributed by atoms with Gasteiger partial charge in [-0.25, -0.2) is 8.42 Å². The van der Waals surface area contributed by atoms with Crippen molar-refractivity contribution in [3.8, 4) is 5.75 Å². The van der Waals surface area contributed by atoms with Crippen LogP contribution in [-0.2, 0) is 14.8 Å². The number of ether oxygens (including phenoxy) is 1. The highest BCUT2D eigenvalue weighted by atomic mass is 32.2. The van der Waals surface area contributed by atoms with Gasteiger partial charge in [-0.05, 0) is 30.3 Å². The fourth-order valence-electron chi connectivity index (χ4n) is 1.93. The highest BCUT2D eigenvalue weighted by Gasteiger charge is 2.25. The summed E-state index contributed by atoms with van der Waals surface area (Å²) in [5.74, 6) is -0.562. The van der Waals surface area contributed by atoms with E-state index in [1.807, 2.05) is 0 Å². The number of nitrogens with two attached hydrogens (primary N) is 1. The van der Waals surface area contributed by atoms with Crippen molar-refractivity contribution in [1.82, 2.24) is 4.31 Å². The third-order valence-electron chi connectivity index (χ3n) is 3.27. The summed E-state index contributed by atoms with van der Waals surface area (Å²) in [6.45, 7) is -0.379. The number of sulfonamides is 1. The topological polar surface area (TPSA) is 119 Å². The fraction of sp³-hybridized carbons (Fsp3) is 0.200. The lowest BCUT2D eigenvalue weighted by Crippen LogP contribution is -2.34. The third kappa shape index (κ3) is 4.56. The smallest absolute Gasteiger partial charge is 0.258 e. The SMILES string of the molecule is COc1ccc(NC(=O)CN(C)S(=O)(=O)c2csc(C(N)=O)c2)cc1. The molecule has 8 nitrogen and oxygen atoms in total. The maximum atomic E-state index is 12.4. The van der Waals surface area contributed by atoms with Crippen LogP contribution in [0.15, 0.2) is 40.6 Å². The summed E-state index contributed by atoms with van der Waals surface area (Å²) in [5, 5.41) is 3.91. The number of thiophene rings is 1. The third-order valence-corrected chi connectivity index (χ3v) is 6.14. The molecule has 0 saturated carbocycles. The van der Waals surface area contributed by atoms with Gasteiger partial charge < -0.3 is 15.8 Å². The zero-order valence-corrected chi connectivity index (χ0v) is 15.2. The molecule has 10 heteroatoms. The van der Waals surface area contributed by atoms with E-state index < -0.39 is 21.8 Å². The van der Waals surface area contributed by atoms with E-state index in [9.17, 15) is 18.0 Å². The molecule has 134 valence electrons. The molecule has 2 amide bonds. The molecule has 0 saturated heterocycles. The molecular weight excluding hydrogens is 366 g/mol. The van der Waals surface area contributed by atoms with Crippen LogP contribution in [0, 0.1) is 0 Å². The minimum Gasteiger partial charge on any atom is -0.497 e. The molecule has 0 unspecified atom stereocenters. The van der Waals surface area contributed by atoms with Crippen LogP contribution in [0.25, 0.3) is 0 Å². The first kappa shape index (κ1) is 18.9. The molecule has 0 spiro atoms. The molecule has 2 rings (SSSR count). The van der Waals surface area contributed by atoms with E-state index in [1.165, 1.54) is 25.6 Å². The Hall–Kier alpha value is -2.43. The fourth-order valence-corrected chi connectivity index (χ4v) is 4.17. The second-order valence-electron chi connectivity index (χ2n) is 5.05. The number of anilines is 1. The summed E-state index contributed by atoms with van der Waals surface area (Å²) in [6, 6.07) is 7.83. The van der Waals surface area contributed by atoms with Crippen LogP contribution in [0.4, 0.5) is 5.69 Å². The molecule has 0 aliphatic heterocycles. The molecule has 1 aromatic carbocycles. The highest BCUT2D eigenvalue weighted by Crippen LogP contribution is 2.22. The maximum Gasteiger partial charge on any atom is 0.258 e. The number of nitrogens with one attached hydrogen (secondary N) is 1. The van der Waals surface area contributed by atoms with Crippen molar-refractivity contribution in [3.63, 3.8) is 0 Å². The predicted molar refractivity (Wildman–Crippen MR) is 94.3 cm³/mol. The Morgan fingerprint density at radius 1 is 1.28 bits per heavy atom. The van der Waals surface area contributed by atoms with Crippen molar-refractivity contribution in [2.75, 3.05) is 26.0 Å². The van der Waals surface area contributed by atoms with Crippen LogP contribution in [0.5, 0.6) is 5.75 Å². The molecule has 25 heavy (non-hydrogen) atoms. The number of primary amides is 1. The molecule has 1 heterocycles. The van der Waals surface area contributed by atoms with Gasteiger partial charge in [-0.1, -0.05) is 0 Å². The number of carbonyl (C=O) groups excluding carboxylic acids is 2. The molecule has 0 aliphatic carbocycles. The molecule has 3 N–H and O–H groups in total. The van der Waals surface area contributed by atoms with Gasteiger partial charge in [0.2, 0.25) is 15.9 Å². The van der Waals surface area contributed by atoms with Crippen LogP contribution in [0.3, 0.4) is 0 Å². The standard InChI is InChI=1S/C15H17N3O5S2/c1-18(25(21,22)12-7-13(15(16)20)24-9-12)8-14(19)17-10-3-5-11(23-2)6-4-10/h3-7,9H,8H2,1-2H3,(H2,16,20)(H,17,19). The summed E-state index contributed by atoms with van der Waals surface area (Å²) >= 11 is 0.934. The van der Waals surface area contributed by atoms with Gasteiger partial charge >= 0.3 is 0 Å². The Balaban J connectivity index is 2.04. The normalized spacial score (nSPS) is 11.3. The number of likely N-dealkylation sites (N-methyl/N-ethyl adjacent to an activating group) is 1. The summed E-state index contributed by atoms with van der Waals surface area (Å²) in [6.07, 6.45) is 0. The number of carbonyl (C=O) groups is 2. The molecule has 0 radical (unpaired) electrons. The highest BCUT2D eigenvalue weighted by molar-refractivity contribution is 7.89. The number of nitrogens with zero attached hydrogens (tertiary/aromatic N) is 1. The van der Waals surface area contributed by atoms with Crippen LogP contribution < -0.4 is 15.8 Å². The van der Waals surface area contributed by atoms with E-state index in [-0.39, 0.29) is 16.3 Å². The van der Waals surface area contributed by atoms with Gasteiger partial charge in [0.25, 0.3) is 5.91 Å². The van der Waals surface area contributed by atoms with E-state index in [1.54, 1.807) is 24.3 Å². The molecule has 0 bridgehead atoms. The van der Waals surface area contributed by atoms with Gasteiger partial charge in [-0.3, -0.25) is 9.59 Å². The summed E-state index contributed by atoms with van der Waals surface area (Å²) in [5.41, 5.74) is 5.64. The Labute approximate surface area is 149 Å². The largest absolute Gasteiger partial charge is 0.497 e. The second kappa shape index (κ2) is 7.64. The monoisotopic (exact) mass is 383 g/mol. The van der Waals surface area contributed by atoms with Crippen LogP contribution in [0.2, 0.25) is 0 Å². The average molecular weight is 383 g/mol. The van der Waals surface area contributed by atoms with Crippen molar-refractivity contribution in [2.24, 2.45) is 5.73 Å². The van der Waals surface area contributed by atoms with Gasteiger partial charge in [0.05, 0.1) is 23.4 Å². The molecule has 0 atom stereocenters. The number of benzene rings is 1. The number of methoxy groups -OCH3 is 1. The second-order valence-corrected chi connectivity index (χ2v) is 8.00. The number of hydrogen-bond acceptors (Lipinski definition) is 6. The Morgan fingerprint density at radius 2 is 1.92 bits per heavy atom. The summed E-state index contributed by atoms with van der Waals surface area (Å²) in [7, 11) is -1.08. The van der Waals surface area contributed by atoms with Crippen molar-refractivity contribution >= 4 is 38.9 Å². The van der Waals surface area contributed by atoms with E-state index in [4.69, 9.17) is 10.5 Å². The van der Waals surface area contributed by atoms with Crippen molar-refractivity contribution in [2.45, 2.75) is 4.90 Å². The lowest BCUT2D eigenvalue weighted by molar-refractivity contribution is -0.116. The minimum absolute atomic E-state index is 0.0777. The van der Waals surface area contributed by atoms with Crippen molar-refractivity contribution < 1.29 is 22.7 Å².